The molecule has 3 aliphatic heterocycles. The summed E-state index contributed by atoms with van der Waals surface area (Å²) in [6.45, 7) is 4.52. The summed E-state index contributed by atoms with van der Waals surface area (Å²) in [6.07, 6.45) is 13.0. The maximum absolute atomic E-state index is 12.5. The van der Waals surface area contributed by atoms with Gasteiger partial charge in [0.1, 0.15) is 11.5 Å². The largest absolute Gasteiger partial charge is 3.00 e. The molecule has 0 amide bonds. The van der Waals surface area contributed by atoms with Crippen LogP contribution in [-0.2, 0) is 19.5 Å². The third kappa shape index (κ3) is 15.4. The van der Waals surface area contributed by atoms with E-state index in [1.165, 1.54) is 65.4 Å². The number of para-hydroxylation sites is 2. The molecule has 0 bridgehead atoms. The Labute approximate surface area is 443 Å². The second kappa shape index (κ2) is 27.0. The van der Waals surface area contributed by atoms with Gasteiger partial charge in [-0.3, -0.25) is 20.3 Å². The molecule has 0 saturated carbocycles. The van der Waals surface area contributed by atoms with Gasteiger partial charge >= 0.3 is 37.6 Å². The predicted molar refractivity (Wildman–Crippen MR) is 282 cm³/mol. The van der Waals surface area contributed by atoms with Crippen LogP contribution >= 0.6 is 24.0 Å². The molecule has 2 aromatic carbocycles. The molecule has 0 aliphatic carbocycles. The van der Waals surface area contributed by atoms with Gasteiger partial charge in [0.05, 0.1) is 22.5 Å². The van der Waals surface area contributed by atoms with Crippen LogP contribution in [0.3, 0.4) is 0 Å². The van der Waals surface area contributed by atoms with Crippen LogP contribution in [0.5, 0.6) is 0 Å². The van der Waals surface area contributed by atoms with Gasteiger partial charge in [0.15, 0.2) is 0 Å². The van der Waals surface area contributed by atoms with Crippen LogP contribution in [0.15, 0.2) is 166 Å². The van der Waals surface area contributed by atoms with Gasteiger partial charge in [0.25, 0.3) is 0 Å². The van der Waals surface area contributed by atoms with Crippen molar-refractivity contribution in [2.45, 2.75) is 64.6 Å². The molecule has 3 aromatic heterocycles. The van der Waals surface area contributed by atoms with Crippen molar-refractivity contribution in [2.75, 3.05) is 17.2 Å². The number of furan rings is 1. The number of pyridine rings is 2. The van der Waals surface area contributed by atoms with Gasteiger partial charge in [-0.15, -0.1) is 18.3 Å². The summed E-state index contributed by atoms with van der Waals surface area (Å²) < 4.78 is 44.0. The van der Waals surface area contributed by atoms with Crippen molar-refractivity contribution in [1.82, 2.24) is 9.97 Å². The monoisotopic (exact) mass is 1110 g/mol. The summed E-state index contributed by atoms with van der Waals surface area (Å²) in [5.74, 6) is 0.0372. The fourth-order valence-electron chi connectivity index (χ4n) is 7.75. The van der Waals surface area contributed by atoms with Gasteiger partial charge in [0.2, 0.25) is 5.88 Å². The van der Waals surface area contributed by atoms with Crippen LogP contribution in [0.25, 0.3) is 38.7 Å². The van der Waals surface area contributed by atoms with Crippen LogP contribution < -0.4 is 4.90 Å². The van der Waals surface area contributed by atoms with Crippen LogP contribution in [0.4, 0.5) is 30.4 Å². The molecule has 0 saturated heterocycles. The van der Waals surface area contributed by atoms with Crippen LogP contribution in [0.2, 0.25) is 0 Å². The van der Waals surface area contributed by atoms with E-state index in [2.05, 4.69) is 44.6 Å². The molecule has 13 nitrogen and oxygen atoms in total. The number of alkyl halides is 3. The second-order valence-corrected chi connectivity index (χ2v) is 17.6. The number of allylic oxidation sites excluding steroid dienone is 6. The van der Waals surface area contributed by atoms with Crippen molar-refractivity contribution < 1.29 is 56.9 Å². The number of rotatable bonds is 16. The number of carboxylic acid groups (broad SMARTS) is 2. The Hall–Kier alpha value is -7.17. The standard InChI is InChI=1S/C34H25N4O5.C19H24F3N3S.CNS.Ru/c1-21-16-31(43-32(21)38(25-8-4-2-5-9-25)26-10-6-3-7-11-26)22-12-14-35-27(17-22)29-19-24(34(41)42)20-30(37-29)28-18-23(33(39)40)13-15-36-28;1-2-3-4-5-6-13-8-10-26-18(13)14-7-9-25-16(11-14)15(23)12-17(24)19(20,21)22;2-1-3;/h2-20,27H,1H3,(H,39,40)(H,41,42);7,11-12,23-24H,2-6,8-10H2,1H3;;/q-1;-2;-1;+3/b;15-12-,24-17?;;. The Kier molecular flexibility index (Phi) is 21.0. The van der Waals surface area contributed by atoms with Crippen molar-refractivity contribution in [3.63, 3.8) is 0 Å². The van der Waals surface area contributed by atoms with Crippen molar-refractivity contribution in [2.24, 2.45) is 0 Å². The first-order valence-electron chi connectivity index (χ1n) is 22.7. The average Bonchev–Trinajstić information content (AvgIpc) is 4.02. The van der Waals surface area contributed by atoms with E-state index in [1.807, 2.05) is 91.9 Å². The number of benzene rings is 2. The van der Waals surface area contributed by atoms with Crippen LogP contribution in [-0.4, -0.2) is 61.5 Å². The minimum absolute atomic E-state index is 0. The van der Waals surface area contributed by atoms with E-state index in [0.29, 0.717) is 30.0 Å². The number of nitrogens with zero attached hydrogens (tertiary/aromatic N) is 6. The number of aryl methyl sites for hydroxylation is 1. The van der Waals surface area contributed by atoms with Crippen molar-refractivity contribution in [3.05, 3.63) is 211 Å². The maximum Gasteiger partial charge on any atom is 3.00 e. The van der Waals surface area contributed by atoms with E-state index in [0.717, 1.165) is 53.1 Å². The molecule has 6 heterocycles. The topological polar surface area (TPSA) is 215 Å². The van der Waals surface area contributed by atoms with Crippen molar-refractivity contribution >= 4 is 69.6 Å². The van der Waals surface area contributed by atoms with E-state index in [-0.39, 0.29) is 53.4 Å². The smallest absolute Gasteiger partial charge is 0.753 e. The van der Waals surface area contributed by atoms with Crippen molar-refractivity contribution in [1.29, 1.82) is 5.41 Å². The average molecular weight is 1110 g/mol. The molecule has 0 fully saturated rings. The first kappa shape index (κ1) is 56.7. The first-order chi connectivity index (χ1) is 34.6. The normalized spacial score (nSPS) is 15.0. The van der Waals surface area contributed by atoms with Gasteiger partial charge in [-0.1, -0.05) is 111 Å². The molecule has 0 spiro atoms. The van der Waals surface area contributed by atoms with Crippen LogP contribution in [0, 0.1) is 12.3 Å². The fourth-order valence-corrected chi connectivity index (χ4v) is 9.02. The molecule has 19 heteroatoms. The first-order valence-corrected chi connectivity index (χ1v) is 24.1. The number of isothiocyanates is 1. The second-order valence-electron chi connectivity index (χ2n) is 16.3. The zero-order valence-electron chi connectivity index (χ0n) is 39.5. The fraction of sp³-hybridized carbons (Fsp3) is 0.222. The Bertz CT molecular complexity index is 2960. The number of carboxylic acids is 2. The Morgan fingerprint density at radius 3 is 2.27 bits per heavy atom. The number of hydrogen-bond donors (Lipinski definition) is 3. The van der Waals surface area contributed by atoms with Crippen molar-refractivity contribution in [3.8, 4) is 11.4 Å². The van der Waals surface area contributed by atoms with Gasteiger partial charge in [-0.2, -0.15) is 35.9 Å². The number of unbranched alkanes of at least 4 members (excludes halogenated alkanes) is 3. The Balaban J connectivity index is 0.000000283. The quantitative estimate of drug-likeness (QED) is 0.0368. The summed E-state index contributed by atoms with van der Waals surface area (Å²) >= 11 is 5.47. The number of thiocarbonyl (C=S) groups is 1. The molecule has 1 atom stereocenters. The summed E-state index contributed by atoms with van der Waals surface area (Å²) in [5.41, 5.74) is 13.0. The van der Waals surface area contributed by atoms with E-state index < -0.39 is 29.9 Å². The Morgan fingerprint density at radius 1 is 0.986 bits per heavy atom. The van der Waals surface area contributed by atoms with E-state index in [1.54, 1.807) is 24.0 Å². The number of nitrogens with one attached hydrogen (secondary N) is 2. The minimum atomic E-state index is -4.74. The summed E-state index contributed by atoms with van der Waals surface area (Å²) in [5, 5.41) is 43.4. The summed E-state index contributed by atoms with van der Waals surface area (Å²) in [6, 6.07) is 26.8. The SMILES string of the molecule is CCCCCCC1=C(C2=CC[N-]C(/C([NH-])=C/C(=N)C(F)(F)F)=C2)SCC1.Cc1cc(C2=CC(c3cc(C(=O)O)cc(-c4cc(C(=O)O)ccn4)n3)[N-]C=C2)oc1N(c1ccccc1)c1ccccc1.[N-]=C=S.[Ru+3]. The molecule has 5 aromatic rings. The molecular formula is C54H49F3N8O5RuS2-. The zero-order chi connectivity index (χ0) is 51.8. The van der Waals surface area contributed by atoms with Gasteiger partial charge < -0.3 is 36.4 Å². The zero-order valence-corrected chi connectivity index (χ0v) is 42.9. The molecule has 1 unspecified atom stereocenters. The molecule has 377 valence electrons. The Morgan fingerprint density at radius 2 is 1.64 bits per heavy atom. The maximum atomic E-state index is 12.5. The van der Waals surface area contributed by atoms with Gasteiger partial charge in [-0.25, -0.2) is 9.59 Å². The molecule has 1 radical (unpaired) electrons. The molecular weight excluding hydrogens is 1060 g/mol. The van der Waals surface area contributed by atoms with E-state index in [4.69, 9.17) is 21.0 Å². The summed E-state index contributed by atoms with van der Waals surface area (Å²) in [4.78, 5) is 35.6. The third-order valence-electron chi connectivity index (χ3n) is 11.2. The van der Waals surface area contributed by atoms with Crippen LogP contribution in [0.1, 0.15) is 89.2 Å². The minimum Gasteiger partial charge on any atom is -0.753 e. The number of anilines is 3. The molecule has 4 N–H and O–H groups in total. The number of thioether (sulfide) groups is 1. The van der Waals surface area contributed by atoms with Gasteiger partial charge in [-0.05, 0) is 92.4 Å². The number of aromatic nitrogens is 2. The summed E-state index contributed by atoms with van der Waals surface area (Å²) in [7, 11) is 0. The van der Waals surface area contributed by atoms with Gasteiger partial charge in [0, 0.05) is 45.1 Å². The third-order valence-corrected chi connectivity index (χ3v) is 12.4. The number of halogens is 3. The predicted octanol–water partition coefficient (Wildman–Crippen LogP) is 15.7. The number of aromatic carboxylic acids is 2. The van der Waals surface area contributed by atoms with E-state index in [9.17, 15) is 33.0 Å². The van der Waals surface area contributed by atoms with E-state index >= 15 is 0 Å². The number of hydrogen-bond acceptors (Lipinski definition) is 9. The molecule has 3 aliphatic rings. The number of carbonyl (C=O) groups is 2. The molecule has 73 heavy (non-hydrogen) atoms. The molecule has 8 rings (SSSR count).